The molecule has 0 rings (SSSR count). The van der Waals surface area contributed by atoms with E-state index >= 15 is 0 Å². The number of carboxylic acids is 1. The fraction of sp³-hybridized carbons (Fsp3) is 0.857. The fourth-order valence-electron chi connectivity index (χ4n) is 0.817. The van der Waals surface area contributed by atoms with Crippen molar-refractivity contribution in [2.75, 3.05) is 12.4 Å². The topological polar surface area (TPSA) is 75.3 Å². The van der Waals surface area contributed by atoms with Crippen LogP contribution in [0.2, 0.25) is 0 Å². The smallest absolute Gasteiger partial charge is 0.320 e. The molecule has 0 unspecified atom stereocenters. The van der Waals surface area contributed by atoms with Gasteiger partial charge in [-0.2, -0.15) is 12.6 Å². The standard InChI is InChI=1S/C7H16N2O2S/c8-6(7(10)11)3-1-2-4-9-5-12/h6,9,12H,1-5,8H2,(H,10,11)/t6-/m0/s1. The Morgan fingerprint density at radius 1 is 1.58 bits per heavy atom. The van der Waals surface area contributed by atoms with Gasteiger partial charge in [0.2, 0.25) is 0 Å². The summed E-state index contributed by atoms with van der Waals surface area (Å²) in [6.45, 7) is 0.871. The van der Waals surface area contributed by atoms with Crippen LogP contribution in [-0.2, 0) is 4.79 Å². The van der Waals surface area contributed by atoms with Gasteiger partial charge in [-0.25, -0.2) is 0 Å². The van der Waals surface area contributed by atoms with E-state index in [4.69, 9.17) is 10.8 Å². The number of nitrogens with two attached hydrogens (primary N) is 1. The van der Waals surface area contributed by atoms with Gasteiger partial charge in [0.05, 0.1) is 0 Å². The second-order valence-electron chi connectivity index (χ2n) is 2.60. The summed E-state index contributed by atoms with van der Waals surface area (Å²) in [5.74, 6) is -0.262. The number of hydrogen-bond donors (Lipinski definition) is 4. The van der Waals surface area contributed by atoms with Gasteiger partial charge < -0.3 is 16.2 Å². The van der Waals surface area contributed by atoms with Crippen LogP contribution in [0.4, 0.5) is 0 Å². The van der Waals surface area contributed by atoms with Crippen LogP contribution >= 0.6 is 12.6 Å². The quantitative estimate of drug-likeness (QED) is 0.261. The first-order valence-electron chi connectivity index (χ1n) is 3.98. The van der Waals surface area contributed by atoms with Crippen LogP contribution < -0.4 is 11.1 Å². The van der Waals surface area contributed by atoms with Crippen molar-refractivity contribution in [2.45, 2.75) is 25.3 Å². The molecule has 0 bridgehead atoms. The third-order valence-electron chi connectivity index (χ3n) is 1.55. The van der Waals surface area contributed by atoms with Gasteiger partial charge in [0.25, 0.3) is 0 Å². The molecule has 72 valence electrons. The molecule has 0 radical (unpaired) electrons. The summed E-state index contributed by atoms with van der Waals surface area (Å²) in [5, 5.41) is 11.5. The minimum absolute atomic E-state index is 0.545. The molecular formula is C7H16N2O2S. The van der Waals surface area contributed by atoms with E-state index in [0.29, 0.717) is 12.3 Å². The van der Waals surface area contributed by atoms with Crippen molar-refractivity contribution < 1.29 is 9.90 Å². The Morgan fingerprint density at radius 3 is 2.75 bits per heavy atom. The van der Waals surface area contributed by atoms with E-state index in [1.807, 2.05) is 0 Å². The summed E-state index contributed by atoms with van der Waals surface area (Å²) in [4.78, 5) is 10.3. The van der Waals surface area contributed by atoms with Gasteiger partial charge in [-0.05, 0) is 19.4 Å². The minimum atomic E-state index is -0.919. The molecule has 5 heteroatoms. The molecule has 0 aliphatic carbocycles. The lowest BCUT2D eigenvalue weighted by atomic mass is 10.1. The maximum Gasteiger partial charge on any atom is 0.320 e. The van der Waals surface area contributed by atoms with Crippen LogP contribution in [0.5, 0.6) is 0 Å². The highest BCUT2D eigenvalue weighted by molar-refractivity contribution is 7.80. The highest BCUT2D eigenvalue weighted by Gasteiger charge is 2.09. The first-order chi connectivity index (χ1) is 5.68. The Bertz CT molecular complexity index is 133. The highest BCUT2D eigenvalue weighted by Crippen LogP contribution is 1.97. The van der Waals surface area contributed by atoms with E-state index in [-0.39, 0.29) is 0 Å². The fourth-order valence-corrected chi connectivity index (χ4v) is 0.975. The van der Waals surface area contributed by atoms with Crippen molar-refractivity contribution in [1.29, 1.82) is 0 Å². The molecule has 0 saturated carbocycles. The van der Waals surface area contributed by atoms with E-state index in [2.05, 4.69) is 17.9 Å². The number of rotatable bonds is 7. The number of hydrogen-bond acceptors (Lipinski definition) is 4. The van der Waals surface area contributed by atoms with E-state index in [1.165, 1.54) is 0 Å². The SMILES string of the molecule is N[C@@H](CCCCNCS)C(=O)O. The molecule has 0 aromatic heterocycles. The number of carbonyl (C=O) groups is 1. The zero-order chi connectivity index (χ0) is 9.40. The van der Waals surface area contributed by atoms with Crippen molar-refractivity contribution in [2.24, 2.45) is 5.73 Å². The minimum Gasteiger partial charge on any atom is -0.480 e. The van der Waals surface area contributed by atoms with E-state index in [0.717, 1.165) is 19.4 Å². The molecule has 12 heavy (non-hydrogen) atoms. The van der Waals surface area contributed by atoms with Gasteiger partial charge >= 0.3 is 5.97 Å². The Hall–Kier alpha value is -0.260. The molecule has 0 aliphatic heterocycles. The van der Waals surface area contributed by atoms with Gasteiger partial charge in [-0.15, -0.1) is 0 Å². The van der Waals surface area contributed by atoms with E-state index in [9.17, 15) is 4.79 Å². The summed E-state index contributed by atoms with van der Waals surface area (Å²) in [5.41, 5.74) is 5.30. The maximum absolute atomic E-state index is 10.3. The molecule has 0 spiro atoms. The van der Waals surface area contributed by atoms with Crippen LogP contribution in [0.25, 0.3) is 0 Å². The lowest BCUT2D eigenvalue weighted by molar-refractivity contribution is -0.138. The van der Waals surface area contributed by atoms with Gasteiger partial charge in [0, 0.05) is 5.88 Å². The normalized spacial score (nSPS) is 12.8. The molecule has 0 aliphatic rings. The highest BCUT2D eigenvalue weighted by atomic mass is 32.1. The van der Waals surface area contributed by atoms with Crippen molar-refractivity contribution in [3.8, 4) is 0 Å². The Balaban J connectivity index is 3.14. The second kappa shape index (κ2) is 7.39. The predicted octanol–water partition coefficient (Wildman–Crippen LogP) is 0.0455. The van der Waals surface area contributed by atoms with E-state index < -0.39 is 12.0 Å². The zero-order valence-corrected chi connectivity index (χ0v) is 7.89. The summed E-state index contributed by atoms with van der Waals surface area (Å²) in [6.07, 6.45) is 2.33. The van der Waals surface area contributed by atoms with Gasteiger partial charge in [0.15, 0.2) is 0 Å². The molecule has 0 aromatic carbocycles. The molecule has 0 aromatic rings. The van der Waals surface area contributed by atoms with Crippen molar-refractivity contribution >= 4 is 18.6 Å². The second-order valence-corrected chi connectivity index (χ2v) is 2.91. The van der Waals surface area contributed by atoms with Crippen LogP contribution in [0.1, 0.15) is 19.3 Å². The molecule has 0 amide bonds. The van der Waals surface area contributed by atoms with Crippen LogP contribution in [0, 0.1) is 0 Å². The Kier molecular flexibility index (Phi) is 7.23. The van der Waals surface area contributed by atoms with Crippen LogP contribution in [-0.4, -0.2) is 29.5 Å². The predicted molar refractivity (Wildman–Crippen MR) is 51.3 cm³/mol. The molecule has 4 N–H and O–H groups in total. The summed E-state index contributed by atoms with van der Waals surface area (Å²) >= 11 is 3.97. The molecule has 4 nitrogen and oxygen atoms in total. The number of aliphatic carboxylic acids is 1. The van der Waals surface area contributed by atoms with Crippen LogP contribution in [0.3, 0.4) is 0 Å². The van der Waals surface area contributed by atoms with Crippen molar-refractivity contribution in [3.63, 3.8) is 0 Å². The number of thiol groups is 1. The zero-order valence-electron chi connectivity index (χ0n) is 6.99. The molecular weight excluding hydrogens is 176 g/mol. The number of nitrogens with one attached hydrogen (secondary N) is 1. The Labute approximate surface area is 77.9 Å². The summed E-state index contributed by atoms with van der Waals surface area (Å²) in [6, 6.07) is -0.707. The van der Waals surface area contributed by atoms with Crippen molar-refractivity contribution in [3.05, 3.63) is 0 Å². The van der Waals surface area contributed by atoms with Gasteiger partial charge in [0.1, 0.15) is 6.04 Å². The lowest BCUT2D eigenvalue weighted by Gasteiger charge is -2.05. The first-order valence-corrected chi connectivity index (χ1v) is 4.61. The molecule has 1 atom stereocenters. The first kappa shape index (κ1) is 11.7. The van der Waals surface area contributed by atoms with E-state index in [1.54, 1.807) is 0 Å². The van der Waals surface area contributed by atoms with Gasteiger partial charge in [-0.3, -0.25) is 4.79 Å². The largest absolute Gasteiger partial charge is 0.480 e. The van der Waals surface area contributed by atoms with Crippen LogP contribution in [0.15, 0.2) is 0 Å². The van der Waals surface area contributed by atoms with Crippen molar-refractivity contribution in [1.82, 2.24) is 5.32 Å². The molecule has 0 fully saturated rings. The summed E-state index contributed by atoms with van der Waals surface area (Å²) in [7, 11) is 0. The lowest BCUT2D eigenvalue weighted by Crippen LogP contribution is -2.30. The molecule has 0 saturated heterocycles. The third-order valence-corrected chi connectivity index (χ3v) is 1.77. The molecule has 0 heterocycles. The average Bonchev–Trinajstić information content (AvgIpc) is 2.03. The number of unbranched alkanes of at least 4 members (excludes halogenated alkanes) is 1. The average molecular weight is 192 g/mol. The summed E-state index contributed by atoms with van der Waals surface area (Å²) < 4.78 is 0. The Morgan fingerprint density at radius 2 is 2.25 bits per heavy atom. The third kappa shape index (κ3) is 6.45. The maximum atomic E-state index is 10.3. The number of carboxylic acid groups (broad SMARTS) is 1. The van der Waals surface area contributed by atoms with Gasteiger partial charge in [-0.1, -0.05) is 6.42 Å². The monoisotopic (exact) mass is 192 g/mol.